The second-order valence-corrected chi connectivity index (χ2v) is 11.8. The fourth-order valence-electron chi connectivity index (χ4n) is 6.20. The van der Waals surface area contributed by atoms with E-state index in [1.807, 2.05) is 48.5 Å². The van der Waals surface area contributed by atoms with Gasteiger partial charge in [0.15, 0.2) is 0 Å². The summed E-state index contributed by atoms with van der Waals surface area (Å²) in [5.41, 5.74) is 0.982. The number of benzene rings is 2. The van der Waals surface area contributed by atoms with Crippen LogP contribution in [0.3, 0.4) is 0 Å². The standard InChI is InChI=1S/C26H33N3O4S/c30-16-23-24(21-12-6-2-7-13-21)26(29(23)34(32,33)17-20-10-4-1-5-11-20)18-28(19-26)25(31)27-22-14-8-3-9-15-22/h1-2,4-7,10-13,22-24,30H,3,8-9,14-19H2,(H,27,31)/t23-,24+/m1/s1. The topological polar surface area (TPSA) is 90.0 Å². The largest absolute Gasteiger partial charge is 0.395 e. The van der Waals surface area contributed by atoms with Gasteiger partial charge in [-0.1, -0.05) is 79.9 Å². The van der Waals surface area contributed by atoms with Crippen LogP contribution < -0.4 is 5.32 Å². The van der Waals surface area contributed by atoms with Crippen LogP contribution in [0.25, 0.3) is 0 Å². The first kappa shape index (κ1) is 23.3. The minimum absolute atomic E-state index is 0.114. The number of nitrogens with zero attached hydrogens (tertiary/aromatic N) is 2. The first-order valence-corrected chi connectivity index (χ1v) is 13.8. The molecule has 2 saturated heterocycles. The van der Waals surface area contributed by atoms with E-state index in [2.05, 4.69) is 5.32 Å². The van der Waals surface area contributed by atoms with Crippen molar-refractivity contribution < 1.29 is 18.3 Å². The third-order valence-corrected chi connectivity index (χ3v) is 9.62. The monoisotopic (exact) mass is 483 g/mol. The molecule has 1 aliphatic carbocycles. The SMILES string of the molecule is O=C(NC1CCCCC1)N1CC2(C1)[C@@H](c1ccccc1)[C@@H](CO)N2S(=O)(=O)Cc1ccccc1. The highest BCUT2D eigenvalue weighted by atomic mass is 32.2. The van der Waals surface area contributed by atoms with Crippen LogP contribution in [0.1, 0.15) is 49.1 Å². The molecule has 0 bridgehead atoms. The van der Waals surface area contributed by atoms with E-state index in [0.717, 1.165) is 31.2 Å². The molecule has 34 heavy (non-hydrogen) atoms. The lowest BCUT2D eigenvalue weighted by Gasteiger charge is -2.69. The average Bonchev–Trinajstić information content (AvgIpc) is 2.79. The Bertz CT molecular complexity index is 1100. The van der Waals surface area contributed by atoms with E-state index in [9.17, 15) is 18.3 Å². The molecule has 1 saturated carbocycles. The summed E-state index contributed by atoms with van der Waals surface area (Å²) < 4.78 is 28.8. The van der Waals surface area contributed by atoms with E-state index in [-0.39, 0.29) is 30.4 Å². The molecule has 0 unspecified atom stereocenters. The minimum atomic E-state index is -3.71. The summed E-state index contributed by atoms with van der Waals surface area (Å²) in [7, 11) is -3.71. The Hall–Kier alpha value is -2.42. The van der Waals surface area contributed by atoms with Crippen molar-refractivity contribution in [3.05, 3.63) is 71.8 Å². The lowest BCUT2D eigenvalue weighted by Crippen LogP contribution is -2.86. The van der Waals surface area contributed by atoms with E-state index < -0.39 is 21.6 Å². The van der Waals surface area contributed by atoms with Crippen molar-refractivity contribution >= 4 is 16.1 Å². The summed E-state index contributed by atoms with van der Waals surface area (Å²) in [6.07, 6.45) is 5.49. The summed E-state index contributed by atoms with van der Waals surface area (Å²) in [6, 6.07) is 18.4. The molecule has 1 spiro atoms. The average molecular weight is 484 g/mol. The van der Waals surface area contributed by atoms with Gasteiger partial charge in [0.05, 0.1) is 23.9 Å². The van der Waals surface area contributed by atoms with Crippen molar-refractivity contribution in [2.24, 2.45) is 0 Å². The van der Waals surface area contributed by atoms with Gasteiger partial charge in [-0.3, -0.25) is 0 Å². The molecule has 182 valence electrons. The molecular weight excluding hydrogens is 450 g/mol. The van der Waals surface area contributed by atoms with Gasteiger partial charge in [0, 0.05) is 25.0 Å². The Kier molecular flexibility index (Phi) is 6.39. The smallest absolute Gasteiger partial charge is 0.317 e. The van der Waals surface area contributed by atoms with E-state index in [4.69, 9.17) is 0 Å². The predicted molar refractivity (Wildman–Crippen MR) is 131 cm³/mol. The van der Waals surface area contributed by atoms with Gasteiger partial charge in [0.1, 0.15) is 0 Å². The first-order chi connectivity index (χ1) is 16.4. The molecule has 0 radical (unpaired) electrons. The second kappa shape index (κ2) is 9.32. The van der Waals surface area contributed by atoms with Crippen molar-refractivity contribution in [3.8, 4) is 0 Å². The number of likely N-dealkylation sites (tertiary alicyclic amines) is 1. The third-order valence-electron chi connectivity index (χ3n) is 7.69. The lowest BCUT2D eigenvalue weighted by molar-refractivity contribution is -0.126. The molecule has 0 aromatic heterocycles. The van der Waals surface area contributed by atoms with Crippen LogP contribution in [0.5, 0.6) is 0 Å². The number of carbonyl (C=O) groups is 1. The molecule has 3 aliphatic rings. The number of amides is 2. The number of aliphatic hydroxyl groups excluding tert-OH is 1. The lowest BCUT2D eigenvalue weighted by atomic mass is 9.63. The van der Waals surface area contributed by atoms with Gasteiger partial charge in [-0.25, -0.2) is 13.2 Å². The Morgan fingerprint density at radius 3 is 2.21 bits per heavy atom. The summed E-state index contributed by atoms with van der Waals surface area (Å²) >= 11 is 0. The second-order valence-electron chi connectivity index (χ2n) is 9.92. The van der Waals surface area contributed by atoms with Gasteiger partial charge in [-0.2, -0.15) is 4.31 Å². The fraction of sp³-hybridized carbons (Fsp3) is 0.500. The van der Waals surface area contributed by atoms with Crippen LogP contribution in [-0.2, 0) is 15.8 Å². The number of rotatable bonds is 6. The highest BCUT2D eigenvalue weighted by Crippen LogP contribution is 2.55. The van der Waals surface area contributed by atoms with Gasteiger partial charge in [0.25, 0.3) is 0 Å². The molecule has 3 fully saturated rings. The Morgan fingerprint density at radius 2 is 1.59 bits per heavy atom. The zero-order valence-corrected chi connectivity index (χ0v) is 20.2. The number of urea groups is 1. The van der Waals surface area contributed by atoms with E-state index in [1.165, 1.54) is 10.7 Å². The molecule has 2 aliphatic heterocycles. The normalized spacial score (nSPS) is 24.9. The quantitative estimate of drug-likeness (QED) is 0.661. The summed E-state index contributed by atoms with van der Waals surface area (Å²) in [4.78, 5) is 14.7. The summed E-state index contributed by atoms with van der Waals surface area (Å²) in [6.45, 7) is 0.398. The number of sulfonamides is 1. The Labute approximate surface area is 201 Å². The van der Waals surface area contributed by atoms with Crippen molar-refractivity contribution in [1.82, 2.24) is 14.5 Å². The minimum Gasteiger partial charge on any atom is -0.395 e. The Balaban J connectivity index is 1.40. The molecule has 2 N–H and O–H groups in total. The molecular formula is C26H33N3O4S. The van der Waals surface area contributed by atoms with Crippen LogP contribution >= 0.6 is 0 Å². The zero-order chi connectivity index (χ0) is 23.8. The number of hydrogen-bond donors (Lipinski definition) is 2. The first-order valence-electron chi connectivity index (χ1n) is 12.2. The fourth-order valence-corrected chi connectivity index (χ4v) is 8.33. The summed E-state index contributed by atoms with van der Waals surface area (Å²) in [5.74, 6) is -0.287. The molecule has 8 heteroatoms. The molecule has 2 aromatic carbocycles. The van der Waals surface area contributed by atoms with Gasteiger partial charge in [-0.15, -0.1) is 0 Å². The van der Waals surface area contributed by atoms with Gasteiger partial charge < -0.3 is 15.3 Å². The van der Waals surface area contributed by atoms with E-state index in [1.54, 1.807) is 17.0 Å². The van der Waals surface area contributed by atoms with Crippen LogP contribution in [-0.4, -0.2) is 66.1 Å². The maximum absolute atomic E-state index is 13.6. The van der Waals surface area contributed by atoms with E-state index in [0.29, 0.717) is 18.7 Å². The van der Waals surface area contributed by atoms with Crippen molar-refractivity contribution in [3.63, 3.8) is 0 Å². The number of nitrogens with one attached hydrogen (secondary N) is 1. The predicted octanol–water partition coefficient (Wildman–Crippen LogP) is 3.07. The highest BCUT2D eigenvalue weighted by Gasteiger charge is 2.70. The number of hydrogen-bond acceptors (Lipinski definition) is 4. The maximum Gasteiger partial charge on any atom is 0.317 e. The maximum atomic E-state index is 13.6. The molecule has 2 atom stereocenters. The third kappa shape index (κ3) is 4.12. The molecule has 2 aromatic rings. The van der Waals surface area contributed by atoms with Crippen LogP contribution in [0, 0.1) is 0 Å². The van der Waals surface area contributed by atoms with Crippen LogP contribution in [0.2, 0.25) is 0 Å². The van der Waals surface area contributed by atoms with Crippen molar-refractivity contribution in [1.29, 1.82) is 0 Å². The van der Waals surface area contributed by atoms with Crippen molar-refractivity contribution in [2.75, 3.05) is 19.7 Å². The highest BCUT2D eigenvalue weighted by molar-refractivity contribution is 7.88. The Morgan fingerprint density at radius 1 is 0.971 bits per heavy atom. The molecule has 2 heterocycles. The molecule has 7 nitrogen and oxygen atoms in total. The number of carbonyl (C=O) groups excluding carboxylic acids is 1. The van der Waals surface area contributed by atoms with Crippen LogP contribution in [0.4, 0.5) is 4.79 Å². The van der Waals surface area contributed by atoms with E-state index >= 15 is 0 Å². The van der Waals surface area contributed by atoms with Gasteiger partial charge in [0.2, 0.25) is 10.0 Å². The van der Waals surface area contributed by atoms with Crippen LogP contribution in [0.15, 0.2) is 60.7 Å². The van der Waals surface area contributed by atoms with Gasteiger partial charge in [-0.05, 0) is 24.0 Å². The molecule has 2 amide bonds. The van der Waals surface area contributed by atoms with Gasteiger partial charge >= 0.3 is 6.03 Å². The molecule has 5 rings (SSSR count). The summed E-state index contributed by atoms with van der Waals surface area (Å²) in [5, 5.41) is 13.4. The zero-order valence-electron chi connectivity index (χ0n) is 19.3. The van der Waals surface area contributed by atoms with Crippen molar-refractivity contribution in [2.45, 2.75) is 61.4 Å². The number of aliphatic hydroxyl groups is 1.